The van der Waals surface area contributed by atoms with Crippen LogP contribution < -0.4 is 11.3 Å². The summed E-state index contributed by atoms with van der Waals surface area (Å²) in [5, 5.41) is 0. The Morgan fingerprint density at radius 2 is 2.20 bits per heavy atom. The Balaban J connectivity index is 1.96. The minimum absolute atomic E-state index is 0.253. The maximum atomic E-state index is 12.7. The van der Waals surface area contributed by atoms with Crippen LogP contribution in [0.4, 0.5) is 4.39 Å². The van der Waals surface area contributed by atoms with Crippen molar-refractivity contribution in [3.63, 3.8) is 0 Å². The van der Waals surface area contributed by atoms with E-state index in [4.69, 9.17) is 5.84 Å². The quantitative estimate of drug-likeness (QED) is 0.378. The smallest absolute Gasteiger partial charge is 0.145 e. The van der Waals surface area contributed by atoms with Crippen LogP contribution in [0.3, 0.4) is 0 Å². The van der Waals surface area contributed by atoms with E-state index in [2.05, 4.69) is 20.4 Å². The molecule has 0 saturated heterocycles. The molecule has 0 aliphatic carbocycles. The first-order valence-electron chi connectivity index (χ1n) is 6.26. The number of hydrogen-bond acceptors (Lipinski definition) is 3. The third-order valence-corrected chi connectivity index (χ3v) is 2.79. The average molecular weight is 273 g/mol. The number of aliphatic imine (C=N–C) groups is 3. The number of benzene rings is 1. The van der Waals surface area contributed by atoms with Gasteiger partial charge < -0.3 is 5.43 Å². The summed E-state index contributed by atoms with van der Waals surface area (Å²) in [5.41, 5.74) is 4.47. The number of allylic oxidation sites excluding steroid dienone is 1. The van der Waals surface area contributed by atoms with Crippen LogP contribution in [0.1, 0.15) is 12.0 Å². The van der Waals surface area contributed by atoms with Crippen molar-refractivity contribution in [2.45, 2.75) is 13.0 Å². The SMILES string of the molecule is NNC(=NC=NCc1ccc(F)cc1)C1=CC=NCC1. The van der Waals surface area contributed by atoms with Crippen LogP contribution in [-0.4, -0.2) is 24.9 Å². The van der Waals surface area contributed by atoms with E-state index < -0.39 is 0 Å². The Kier molecular flexibility index (Phi) is 5.14. The summed E-state index contributed by atoms with van der Waals surface area (Å²) in [7, 11) is 0. The molecule has 6 heteroatoms. The topological polar surface area (TPSA) is 75.1 Å². The zero-order valence-electron chi connectivity index (χ0n) is 11.0. The molecule has 0 radical (unpaired) electrons. The van der Waals surface area contributed by atoms with E-state index in [0.29, 0.717) is 12.4 Å². The van der Waals surface area contributed by atoms with Crippen molar-refractivity contribution in [3.8, 4) is 0 Å². The Morgan fingerprint density at radius 3 is 2.85 bits per heavy atom. The molecule has 0 amide bonds. The zero-order valence-corrected chi connectivity index (χ0v) is 11.0. The molecule has 2 rings (SSSR count). The van der Waals surface area contributed by atoms with E-state index in [1.807, 2.05) is 6.08 Å². The molecule has 3 N–H and O–H groups in total. The fourth-order valence-corrected chi connectivity index (χ4v) is 1.73. The van der Waals surface area contributed by atoms with E-state index in [-0.39, 0.29) is 5.82 Å². The molecular weight excluding hydrogens is 257 g/mol. The standard InChI is InChI=1S/C14H16FN5/c15-13-3-1-11(2-4-13)9-18-10-19-14(20-16)12-5-7-17-8-6-12/h1-5,7,10H,6,8-9,16H2,(H,18,19,20). The van der Waals surface area contributed by atoms with Crippen LogP contribution in [0.25, 0.3) is 0 Å². The summed E-state index contributed by atoms with van der Waals surface area (Å²) < 4.78 is 12.7. The molecule has 0 atom stereocenters. The van der Waals surface area contributed by atoms with Crippen LogP contribution in [0.2, 0.25) is 0 Å². The molecule has 1 heterocycles. The molecule has 5 nitrogen and oxygen atoms in total. The molecule has 1 aliphatic heterocycles. The minimum atomic E-state index is -0.253. The lowest BCUT2D eigenvalue weighted by Crippen LogP contribution is -2.32. The van der Waals surface area contributed by atoms with E-state index in [1.54, 1.807) is 18.3 Å². The molecule has 1 aromatic carbocycles. The molecular formula is C14H16FN5. The van der Waals surface area contributed by atoms with Gasteiger partial charge in [0.25, 0.3) is 0 Å². The van der Waals surface area contributed by atoms with Gasteiger partial charge in [-0.15, -0.1) is 0 Å². The second-order valence-electron chi connectivity index (χ2n) is 4.20. The van der Waals surface area contributed by atoms with Gasteiger partial charge in [0.1, 0.15) is 18.0 Å². The van der Waals surface area contributed by atoms with Gasteiger partial charge in [-0.3, -0.25) is 9.98 Å². The van der Waals surface area contributed by atoms with Gasteiger partial charge in [-0.25, -0.2) is 15.2 Å². The maximum Gasteiger partial charge on any atom is 0.145 e. The summed E-state index contributed by atoms with van der Waals surface area (Å²) >= 11 is 0. The van der Waals surface area contributed by atoms with Gasteiger partial charge in [-0.2, -0.15) is 0 Å². The van der Waals surface area contributed by atoms with Gasteiger partial charge in [0.05, 0.1) is 6.54 Å². The minimum Gasteiger partial charge on any atom is -0.308 e. The van der Waals surface area contributed by atoms with Crippen molar-refractivity contribution >= 4 is 18.4 Å². The maximum absolute atomic E-state index is 12.7. The molecule has 0 saturated carbocycles. The van der Waals surface area contributed by atoms with Gasteiger partial charge in [0.15, 0.2) is 0 Å². The third-order valence-electron chi connectivity index (χ3n) is 2.79. The first-order valence-corrected chi connectivity index (χ1v) is 6.26. The lowest BCUT2D eigenvalue weighted by atomic mass is 10.1. The van der Waals surface area contributed by atoms with E-state index in [9.17, 15) is 4.39 Å². The number of amidine groups is 1. The highest BCUT2D eigenvalue weighted by molar-refractivity contribution is 6.04. The first kappa shape index (κ1) is 14.1. The lowest BCUT2D eigenvalue weighted by molar-refractivity contribution is 0.627. The molecule has 0 bridgehead atoms. The molecule has 20 heavy (non-hydrogen) atoms. The molecule has 0 unspecified atom stereocenters. The molecule has 1 aliphatic rings. The largest absolute Gasteiger partial charge is 0.308 e. The predicted molar refractivity (Wildman–Crippen MR) is 79.4 cm³/mol. The number of nitrogens with zero attached hydrogens (tertiary/aromatic N) is 3. The highest BCUT2D eigenvalue weighted by atomic mass is 19.1. The molecule has 1 aromatic rings. The summed E-state index contributed by atoms with van der Waals surface area (Å²) in [6, 6.07) is 6.21. The predicted octanol–water partition coefficient (Wildman–Crippen LogP) is 1.62. The summed E-state index contributed by atoms with van der Waals surface area (Å²) in [6.07, 6.45) is 5.85. The second kappa shape index (κ2) is 7.30. The van der Waals surface area contributed by atoms with Crippen LogP contribution in [-0.2, 0) is 6.54 Å². The Hall–Kier alpha value is -2.34. The zero-order chi connectivity index (χ0) is 14.2. The highest BCUT2D eigenvalue weighted by Crippen LogP contribution is 2.06. The third kappa shape index (κ3) is 4.10. The molecule has 104 valence electrons. The average Bonchev–Trinajstić information content (AvgIpc) is 2.50. The fraction of sp³-hybridized carbons (Fsp3) is 0.214. The van der Waals surface area contributed by atoms with Crippen LogP contribution in [0, 0.1) is 5.82 Å². The van der Waals surface area contributed by atoms with Gasteiger partial charge in [0.2, 0.25) is 0 Å². The Bertz CT molecular complexity index is 557. The molecule has 0 fully saturated rings. The number of hydrogen-bond donors (Lipinski definition) is 2. The van der Waals surface area contributed by atoms with Crippen molar-refractivity contribution in [2.24, 2.45) is 20.8 Å². The number of hydrazine groups is 1. The van der Waals surface area contributed by atoms with Crippen LogP contribution in [0.5, 0.6) is 0 Å². The summed E-state index contributed by atoms with van der Waals surface area (Å²) in [6.45, 7) is 1.18. The van der Waals surface area contributed by atoms with Crippen molar-refractivity contribution in [1.82, 2.24) is 5.43 Å². The van der Waals surface area contributed by atoms with Crippen LogP contribution >= 0.6 is 0 Å². The van der Waals surface area contributed by atoms with Crippen molar-refractivity contribution in [1.29, 1.82) is 0 Å². The van der Waals surface area contributed by atoms with Gasteiger partial charge in [-0.1, -0.05) is 12.1 Å². The van der Waals surface area contributed by atoms with Crippen molar-refractivity contribution < 1.29 is 4.39 Å². The second-order valence-corrected chi connectivity index (χ2v) is 4.20. The normalized spacial score (nSPS) is 15.5. The van der Waals surface area contributed by atoms with E-state index >= 15 is 0 Å². The van der Waals surface area contributed by atoms with Gasteiger partial charge in [0, 0.05) is 12.8 Å². The van der Waals surface area contributed by atoms with E-state index in [0.717, 1.165) is 24.1 Å². The van der Waals surface area contributed by atoms with E-state index in [1.165, 1.54) is 18.5 Å². The Morgan fingerprint density at radius 1 is 1.40 bits per heavy atom. The summed E-state index contributed by atoms with van der Waals surface area (Å²) in [4.78, 5) is 12.4. The van der Waals surface area contributed by atoms with Gasteiger partial charge >= 0.3 is 0 Å². The fourth-order valence-electron chi connectivity index (χ4n) is 1.73. The highest BCUT2D eigenvalue weighted by Gasteiger charge is 2.06. The number of rotatable bonds is 4. The Labute approximate surface area is 116 Å². The molecule has 0 spiro atoms. The number of nitrogens with one attached hydrogen (secondary N) is 1. The number of nitrogens with two attached hydrogens (primary N) is 1. The van der Waals surface area contributed by atoms with Gasteiger partial charge in [-0.05, 0) is 35.8 Å². The van der Waals surface area contributed by atoms with Crippen LogP contribution in [0.15, 0.2) is 50.9 Å². The molecule has 0 aromatic heterocycles. The number of dihydropyridines is 1. The monoisotopic (exact) mass is 273 g/mol. The number of halogens is 1. The van der Waals surface area contributed by atoms with Crippen molar-refractivity contribution in [3.05, 3.63) is 47.3 Å². The summed E-state index contributed by atoms with van der Waals surface area (Å²) in [5.74, 6) is 5.77. The lowest BCUT2D eigenvalue weighted by Gasteiger charge is -2.09. The van der Waals surface area contributed by atoms with Crippen molar-refractivity contribution in [2.75, 3.05) is 6.54 Å². The first-order chi connectivity index (χ1) is 9.79.